The van der Waals surface area contributed by atoms with Gasteiger partial charge in [-0.15, -0.1) is 0 Å². The van der Waals surface area contributed by atoms with E-state index in [4.69, 9.17) is 5.11 Å². The zero-order valence-corrected chi connectivity index (χ0v) is 9.27. The first kappa shape index (κ1) is 11.7. The van der Waals surface area contributed by atoms with Gasteiger partial charge in [-0.25, -0.2) is 0 Å². The molecule has 15 heavy (non-hydrogen) atoms. The third-order valence-corrected chi connectivity index (χ3v) is 2.01. The molecule has 0 aliphatic rings. The van der Waals surface area contributed by atoms with Crippen molar-refractivity contribution in [2.24, 2.45) is 0 Å². The lowest BCUT2D eigenvalue weighted by Gasteiger charge is -2.18. The van der Waals surface area contributed by atoms with E-state index in [1.165, 1.54) is 11.1 Å². The van der Waals surface area contributed by atoms with Gasteiger partial charge in [0, 0.05) is 26.0 Å². The van der Waals surface area contributed by atoms with Crippen LogP contribution < -0.4 is 0 Å². The molecular weight excluding hydrogens is 192 g/mol. The monoisotopic (exact) mass is 208 g/mol. The third-order valence-electron chi connectivity index (χ3n) is 2.01. The van der Waals surface area contributed by atoms with Crippen molar-refractivity contribution < 1.29 is 9.90 Å². The van der Waals surface area contributed by atoms with Crippen molar-refractivity contribution in [1.82, 2.24) is 9.88 Å². The van der Waals surface area contributed by atoms with Crippen LogP contribution in [0.4, 0.5) is 0 Å². The zero-order valence-electron chi connectivity index (χ0n) is 9.27. The summed E-state index contributed by atoms with van der Waals surface area (Å²) in [6, 6.07) is 1.79. The van der Waals surface area contributed by atoms with Crippen LogP contribution in [0.25, 0.3) is 0 Å². The maximum atomic E-state index is 11.8. The van der Waals surface area contributed by atoms with Gasteiger partial charge in [-0.1, -0.05) is 0 Å². The number of carbonyl (C=O) groups is 1. The molecular formula is C11H16N2O2. The number of aliphatic hydroxyl groups excluding tert-OH is 1. The van der Waals surface area contributed by atoms with Gasteiger partial charge in [-0.3, -0.25) is 9.78 Å². The highest BCUT2D eigenvalue weighted by Crippen LogP contribution is 2.05. The van der Waals surface area contributed by atoms with Gasteiger partial charge in [0.15, 0.2) is 0 Å². The Morgan fingerprint density at radius 1 is 1.60 bits per heavy atom. The molecule has 0 saturated carbocycles. The lowest BCUT2D eigenvalue weighted by Crippen LogP contribution is -2.33. The van der Waals surface area contributed by atoms with Crippen LogP contribution in [-0.2, 0) is 0 Å². The van der Waals surface area contributed by atoms with Crippen molar-refractivity contribution in [1.29, 1.82) is 0 Å². The lowest BCUT2D eigenvalue weighted by molar-refractivity contribution is 0.0703. The van der Waals surface area contributed by atoms with Crippen molar-refractivity contribution in [3.8, 4) is 0 Å². The summed E-state index contributed by atoms with van der Waals surface area (Å²) in [5, 5.41) is 9.16. The van der Waals surface area contributed by atoms with Gasteiger partial charge >= 0.3 is 0 Å². The smallest absolute Gasteiger partial charge is 0.255 e. The van der Waals surface area contributed by atoms with Gasteiger partial charge in [-0.2, -0.15) is 0 Å². The Morgan fingerprint density at radius 3 is 2.80 bits per heavy atom. The number of pyridine rings is 1. The Labute approximate surface area is 89.6 Å². The first-order valence-electron chi connectivity index (χ1n) is 4.86. The summed E-state index contributed by atoms with van der Waals surface area (Å²) in [6.07, 6.45) is 2.72. The Balaban J connectivity index is 2.76. The van der Waals surface area contributed by atoms with E-state index in [0.717, 1.165) is 5.56 Å². The van der Waals surface area contributed by atoms with Crippen LogP contribution in [0.2, 0.25) is 0 Å². The second-order valence-electron chi connectivity index (χ2n) is 3.79. The minimum atomic E-state index is -0.517. The summed E-state index contributed by atoms with van der Waals surface area (Å²) in [7, 11) is 1.66. The molecule has 1 unspecified atom stereocenters. The first-order valence-corrected chi connectivity index (χ1v) is 4.86. The van der Waals surface area contributed by atoms with Crippen LogP contribution >= 0.6 is 0 Å². The third kappa shape index (κ3) is 3.32. The normalized spacial score (nSPS) is 12.3. The zero-order chi connectivity index (χ0) is 11.4. The minimum absolute atomic E-state index is 0.118. The Bertz CT molecular complexity index is 350. The molecule has 1 aromatic rings. The molecule has 0 bridgehead atoms. The van der Waals surface area contributed by atoms with E-state index in [1.807, 2.05) is 6.92 Å². The molecule has 0 radical (unpaired) electrons. The van der Waals surface area contributed by atoms with Crippen molar-refractivity contribution in [3.63, 3.8) is 0 Å². The van der Waals surface area contributed by atoms with Crippen LogP contribution in [0.15, 0.2) is 18.5 Å². The lowest BCUT2D eigenvalue weighted by atomic mass is 10.2. The molecule has 0 saturated heterocycles. The molecule has 1 aromatic heterocycles. The maximum absolute atomic E-state index is 11.8. The van der Waals surface area contributed by atoms with E-state index in [-0.39, 0.29) is 5.91 Å². The fourth-order valence-electron chi connectivity index (χ4n) is 1.37. The molecule has 1 heterocycles. The van der Waals surface area contributed by atoms with E-state index in [2.05, 4.69) is 4.98 Å². The minimum Gasteiger partial charge on any atom is -0.392 e. The number of nitrogens with zero attached hydrogens (tertiary/aromatic N) is 2. The Morgan fingerprint density at radius 2 is 2.27 bits per heavy atom. The van der Waals surface area contributed by atoms with Crippen LogP contribution in [0.1, 0.15) is 22.8 Å². The van der Waals surface area contributed by atoms with Crippen LogP contribution in [0.3, 0.4) is 0 Å². The average Bonchev–Trinajstić information content (AvgIpc) is 2.15. The molecule has 1 amide bonds. The predicted octanol–water partition coefficient (Wildman–Crippen LogP) is 0.843. The van der Waals surface area contributed by atoms with E-state index in [9.17, 15) is 4.79 Å². The van der Waals surface area contributed by atoms with E-state index >= 15 is 0 Å². The van der Waals surface area contributed by atoms with Gasteiger partial charge in [0.05, 0.1) is 11.7 Å². The van der Waals surface area contributed by atoms with Gasteiger partial charge in [0.2, 0.25) is 0 Å². The van der Waals surface area contributed by atoms with Gasteiger partial charge < -0.3 is 10.0 Å². The van der Waals surface area contributed by atoms with E-state index in [0.29, 0.717) is 12.1 Å². The summed E-state index contributed by atoms with van der Waals surface area (Å²) >= 11 is 0. The molecule has 0 fully saturated rings. The number of likely N-dealkylation sites (N-methyl/N-ethyl adjacent to an activating group) is 1. The van der Waals surface area contributed by atoms with Crippen molar-refractivity contribution >= 4 is 5.91 Å². The van der Waals surface area contributed by atoms with Crippen molar-refractivity contribution in [2.75, 3.05) is 13.6 Å². The fourth-order valence-corrected chi connectivity index (χ4v) is 1.37. The summed E-state index contributed by atoms with van der Waals surface area (Å²) in [5.74, 6) is -0.118. The van der Waals surface area contributed by atoms with Gasteiger partial charge in [-0.05, 0) is 25.5 Å². The highest BCUT2D eigenvalue weighted by molar-refractivity contribution is 5.93. The maximum Gasteiger partial charge on any atom is 0.255 e. The molecule has 82 valence electrons. The predicted molar refractivity (Wildman–Crippen MR) is 57.6 cm³/mol. The molecule has 1 N–H and O–H groups in total. The van der Waals surface area contributed by atoms with Crippen LogP contribution in [0.5, 0.6) is 0 Å². The number of aliphatic hydroxyl groups is 1. The SMILES string of the molecule is Cc1cncc(C(=O)N(C)CC(C)O)c1. The number of hydrogen-bond donors (Lipinski definition) is 1. The largest absolute Gasteiger partial charge is 0.392 e. The molecule has 0 spiro atoms. The van der Waals surface area contributed by atoms with Gasteiger partial charge in [0.25, 0.3) is 5.91 Å². The molecule has 1 atom stereocenters. The molecule has 4 heteroatoms. The van der Waals surface area contributed by atoms with Gasteiger partial charge in [0.1, 0.15) is 0 Å². The number of aromatic nitrogens is 1. The number of aryl methyl sites for hydroxylation is 1. The average molecular weight is 208 g/mol. The van der Waals surface area contributed by atoms with Crippen molar-refractivity contribution in [3.05, 3.63) is 29.6 Å². The summed E-state index contributed by atoms with van der Waals surface area (Å²) in [5.41, 5.74) is 1.50. The topological polar surface area (TPSA) is 53.4 Å². The summed E-state index contributed by atoms with van der Waals surface area (Å²) in [4.78, 5) is 17.3. The second-order valence-corrected chi connectivity index (χ2v) is 3.79. The second kappa shape index (κ2) is 4.89. The fraction of sp³-hybridized carbons (Fsp3) is 0.455. The molecule has 1 rings (SSSR count). The number of hydrogen-bond acceptors (Lipinski definition) is 3. The first-order chi connectivity index (χ1) is 7.00. The van der Waals surface area contributed by atoms with Crippen LogP contribution in [-0.4, -0.2) is 40.6 Å². The van der Waals surface area contributed by atoms with E-state index in [1.54, 1.807) is 26.2 Å². The Kier molecular flexibility index (Phi) is 3.80. The highest BCUT2D eigenvalue weighted by atomic mass is 16.3. The number of rotatable bonds is 3. The van der Waals surface area contributed by atoms with Crippen LogP contribution in [0, 0.1) is 6.92 Å². The standard InChI is InChI=1S/C11H16N2O2/c1-8-4-10(6-12-5-8)11(15)13(3)7-9(2)14/h4-6,9,14H,7H2,1-3H3. The molecule has 0 aliphatic carbocycles. The Hall–Kier alpha value is -1.42. The number of amides is 1. The summed E-state index contributed by atoms with van der Waals surface area (Å²) < 4.78 is 0. The highest BCUT2D eigenvalue weighted by Gasteiger charge is 2.13. The quantitative estimate of drug-likeness (QED) is 0.801. The molecule has 0 aliphatic heterocycles. The summed E-state index contributed by atoms with van der Waals surface area (Å²) in [6.45, 7) is 3.86. The number of carbonyl (C=O) groups excluding carboxylic acids is 1. The molecule has 0 aromatic carbocycles. The molecule has 4 nitrogen and oxygen atoms in total. The van der Waals surface area contributed by atoms with E-state index < -0.39 is 6.10 Å². The van der Waals surface area contributed by atoms with Crippen molar-refractivity contribution in [2.45, 2.75) is 20.0 Å².